The van der Waals surface area contributed by atoms with E-state index in [9.17, 15) is 8.42 Å². The van der Waals surface area contributed by atoms with Gasteiger partial charge in [0.2, 0.25) is 0 Å². The molecule has 0 fully saturated rings. The molecule has 0 aliphatic heterocycles. The molecule has 1 heterocycles. The molecule has 21 heavy (non-hydrogen) atoms. The van der Waals surface area contributed by atoms with Gasteiger partial charge in [-0.15, -0.1) is 0 Å². The van der Waals surface area contributed by atoms with Crippen LogP contribution in [-0.2, 0) is 23.0 Å². The Morgan fingerprint density at radius 3 is 2.52 bits per heavy atom. The van der Waals surface area contributed by atoms with Crippen LogP contribution in [0.4, 0.5) is 5.69 Å². The van der Waals surface area contributed by atoms with Gasteiger partial charge in [-0.25, -0.2) is 8.42 Å². The molecule has 0 atom stereocenters. The van der Waals surface area contributed by atoms with Crippen LogP contribution in [-0.4, -0.2) is 31.8 Å². The maximum Gasteiger partial charge on any atom is 0.267 e. The van der Waals surface area contributed by atoms with Crippen molar-refractivity contribution in [1.82, 2.24) is 9.78 Å². The summed E-state index contributed by atoms with van der Waals surface area (Å²) in [5.41, 5.74) is 7.23. The van der Waals surface area contributed by atoms with E-state index in [1.807, 2.05) is 12.1 Å². The topological polar surface area (TPSA) is 81.2 Å². The number of nitrogens with two attached hydrogens (primary N) is 1. The van der Waals surface area contributed by atoms with E-state index in [0.717, 1.165) is 6.42 Å². The van der Waals surface area contributed by atoms with Crippen molar-refractivity contribution in [2.45, 2.75) is 24.8 Å². The molecule has 0 aliphatic carbocycles. The maximum atomic E-state index is 12.5. The third kappa shape index (κ3) is 3.25. The second kappa shape index (κ2) is 6.28. The number of hydrogen-bond acceptors (Lipinski definition) is 4. The Bertz CT molecular complexity index is 692. The fourth-order valence-electron chi connectivity index (χ4n) is 1.97. The van der Waals surface area contributed by atoms with Gasteiger partial charge in [-0.05, 0) is 24.1 Å². The van der Waals surface area contributed by atoms with E-state index in [1.165, 1.54) is 34.0 Å². The van der Waals surface area contributed by atoms with Crippen molar-refractivity contribution in [3.8, 4) is 0 Å². The highest BCUT2D eigenvalue weighted by molar-refractivity contribution is 7.92. The summed E-state index contributed by atoms with van der Waals surface area (Å²) >= 11 is 0. The quantitative estimate of drug-likeness (QED) is 0.870. The minimum Gasteiger partial charge on any atom is -0.329 e. The number of sulfonamides is 1. The summed E-state index contributed by atoms with van der Waals surface area (Å²) in [4.78, 5) is 0.165. The van der Waals surface area contributed by atoms with Gasteiger partial charge < -0.3 is 5.73 Å². The van der Waals surface area contributed by atoms with Crippen LogP contribution in [0, 0.1) is 0 Å². The lowest BCUT2D eigenvalue weighted by Crippen LogP contribution is -2.26. The normalized spacial score (nSPS) is 11.6. The van der Waals surface area contributed by atoms with Crippen molar-refractivity contribution in [3.63, 3.8) is 0 Å². The smallest absolute Gasteiger partial charge is 0.267 e. The van der Waals surface area contributed by atoms with Crippen LogP contribution in [0.25, 0.3) is 0 Å². The Hall–Kier alpha value is -1.86. The zero-order valence-electron chi connectivity index (χ0n) is 12.2. The molecule has 0 spiro atoms. The lowest BCUT2D eigenvalue weighted by Gasteiger charge is -2.18. The average molecular weight is 308 g/mol. The van der Waals surface area contributed by atoms with Gasteiger partial charge in [0.25, 0.3) is 10.0 Å². The minimum atomic E-state index is -3.60. The first kappa shape index (κ1) is 15.5. The highest BCUT2D eigenvalue weighted by atomic mass is 32.2. The van der Waals surface area contributed by atoms with Gasteiger partial charge in [0.1, 0.15) is 4.90 Å². The van der Waals surface area contributed by atoms with Crippen molar-refractivity contribution in [2.75, 3.05) is 17.9 Å². The van der Waals surface area contributed by atoms with Gasteiger partial charge in [0.15, 0.2) is 0 Å². The maximum absolute atomic E-state index is 12.5. The molecule has 1 aromatic carbocycles. The third-order valence-electron chi connectivity index (χ3n) is 3.33. The van der Waals surface area contributed by atoms with E-state index in [-0.39, 0.29) is 4.90 Å². The zero-order chi connectivity index (χ0) is 15.5. The van der Waals surface area contributed by atoms with E-state index in [1.54, 1.807) is 12.1 Å². The van der Waals surface area contributed by atoms with E-state index in [4.69, 9.17) is 5.73 Å². The Morgan fingerprint density at radius 2 is 1.95 bits per heavy atom. The Labute approximate surface area is 125 Å². The van der Waals surface area contributed by atoms with Crippen molar-refractivity contribution < 1.29 is 8.42 Å². The molecule has 6 nitrogen and oxygen atoms in total. The highest BCUT2D eigenvalue weighted by Gasteiger charge is 2.23. The summed E-state index contributed by atoms with van der Waals surface area (Å²) in [6.07, 6.45) is 3.77. The number of hydrogen-bond donors (Lipinski definition) is 1. The molecule has 0 aliphatic rings. The minimum absolute atomic E-state index is 0.165. The second-order valence-electron chi connectivity index (χ2n) is 4.72. The molecule has 114 valence electrons. The van der Waals surface area contributed by atoms with Crippen LogP contribution in [0.5, 0.6) is 0 Å². The van der Waals surface area contributed by atoms with Crippen LogP contribution in [0.3, 0.4) is 0 Å². The summed E-state index contributed by atoms with van der Waals surface area (Å²) < 4.78 is 27.9. The van der Waals surface area contributed by atoms with Gasteiger partial charge in [0.05, 0.1) is 18.4 Å². The average Bonchev–Trinajstić information content (AvgIpc) is 2.96. The molecule has 2 rings (SSSR count). The molecule has 0 bridgehead atoms. The zero-order valence-corrected chi connectivity index (χ0v) is 13.0. The molecular formula is C14H20N4O2S. The van der Waals surface area contributed by atoms with Crippen molar-refractivity contribution in [1.29, 1.82) is 0 Å². The molecule has 0 saturated carbocycles. The molecule has 0 saturated heterocycles. The molecule has 2 aromatic rings. The fraction of sp³-hybridized carbons (Fsp3) is 0.357. The van der Waals surface area contributed by atoms with Crippen LogP contribution in [0.15, 0.2) is 41.6 Å². The van der Waals surface area contributed by atoms with Crippen LogP contribution in [0.1, 0.15) is 12.5 Å². The molecule has 2 N–H and O–H groups in total. The van der Waals surface area contributed by atoms with E-state index in [0.29, 0.717) is 18.8 Å². The molecule has 0 radical (unpaired) electrons. The molecule has 0 unspecified atom stereocenters. The summed E-state index contributed by atoms with van der Waals surface area (Å²) in [7, 11) is -2.06. The van der Waals surface area contributed by atoms with Gasteiger partial charge in [-0.1, -0.05) is 19.1 Å². The van der Waals surface area contributed by atoms with E-state index < -0.39 is 10.0 Å². The fourth-order valence-corrected chi connectivity index (χ4v) is 3.12. The first-order valence-electron chi connectivity index (χ1n) is 6.79. The standard InChI is InChI=1S/C14H20N4O2S/c1-3-12-4-6-13(7-5-12)17(2)21(19,20)14-10-16-18(11-14)9-8-15/h4-7,10-11H,3,8-9,15H2,1-2H3. The Kier molecular flexibility index (Phi) is 4.64. The van der Waals surface area contributed by atoms with Crippen LogP contribution < -0.4 is 10.0 Å². The monoisotopic (exact) mass is 308 g/mol. The van der Waals surface area contributed by atoms with Crippen molar-refractivity contribution >= 4 is 15.7 Å². The highest BCUT2D eigenvalue weighted by Crippen LogP contribution is 2.22. The lowest BCUT2D eigenvalue weighted by molar-refractivity contribution is 0.593. The molecule has 0 amide bonds. The second-order valence-corrected chi connectivity index (χ2v) is 6.69. The number of aryl methyl sites for hydroxylation is 1. The molecule has 1 aromatic heterocycles. The van der Waals surface area contributed by atoms with E-state index in [2.05, 4.69) is 12.0 Å². The van der Waals surface area contributed by atoms with Crippen molar-refractivity contribution in [3.05, 3.63) is 42.2 Å². The van der Waals surface area contributed by atoms with Crippen LogP contribution >= 0.6 is 0 Å². The number of benzene rings is 1. The van der Waals surface area contributed by atoms with Gasteiger partial charge >= 0.3 is 0 Å². The SMILES string of the molecule is CCc1ccc(N(C)S(=O)(=O)c2cnn(CCN)c2)cc1. The number of anilines is 1. The lowest BCUT2D eigenvalue weighted by atomic mass is 10.1. The van der Waals surface area contributed by atoms with Gasteiger partial charge in [-0.2, -0.15) is 5.10 Å². The number of rotatable bonds is 6. The largest absolute Gasteiger partial charge is 0.329 e. The summed E-state index contributed by atoms with van der Waals surface area (Å²) in [5, 5.41) is 4.01. The Balaban J connectivity index is 2.28. The van der Waals surface area contributed by atoms with Crippen molar-refractivity contribution in [2.24, 2.45) is 5.73 Å². The summed E-state index contributed by atoms with van der Waals surface area (Å²) in [6, 6.07) is 7.47. The molecular weight excluding hydrogens is 288 g/mol. The van der Waals surface area contributed by atoms with Crippen LogP contribution in [0.2, 0.25) is 0 Å². The van der Waals surface area contributed by atoms with Gasteiger partial charge in [-0.3, -0.25) is 8.99 Å². The third-order valence-corrected chi connectivity index (χ3v) is 5.07. The summed E-state index contributed by atoms with van der Waals surface area (Å²) in [5.74, 6) is 0. The first-order chi connectivity index (χ1) is 9.98. The molecule has 7 heteroatoms. The number of nitrogens with zero attached hydrogens (tertiary/aromatic N) is 3. The van der Waals surface area contributed by atoms with Gasteiger partial charge in [0, 0.05) is 19.8 Å². The first-order valence-corrected chi connectivity index (χ1v) is 8.23. The number of aromatic nitrogens is 2. The summed E-state index contributed by atoms with van der Waals surface area (Å²) in [6.45, 7) is 2.96. The Morgan fingerprint density at radius 1 is 1.29 bits per heavy atom. The predicted molar refractivity (Wildman–Crippen MR) is 82.7 cm³/mol. The van der Waals surface area contributed by atoms with E-state index >= 15 is 0 Å². The predicted octanol–water partition coefficient (Wildman–Crippen LogP) is 1.23.